The van der Waals surface area contributed by atoms with Gasteiger partial charge in [0, 0.05) is 20.6 Å². The summed E-state index contributed by atoms with van der Waals surface area (Å²) in [6.07, 6.45) is 1.67. The zero-order chi connectivity index (χ0) is 24.4. The Morgan fingerprint density at radius 1 is 0.912 bits per heavy atom. The quantitative estimate of drug-likeness (QED) is 0.247. The second kappa shape index (κ2) is 11.1. The molecule has 0 N–H and O–H groups in total. The molecule has 1 heterocycles. The van der Waals surface area contributed by atoms with Crippen LogP contribution in [0.25, 0.3) is 6.08 Å². The normalized spacial score (nSPS) is 14.9. The molecule has 0 saturated carbocycles. The van der Waals surface area contributed by atoms with Gasteiger partial charge in [-0.1, -0.05) is 59.1 Å². The van der Waals surface area contributed by atoms with Gasteiger partial charge in [0.25, 0.3) is 11.1 Å². The summed E-state index contributed by atoms with van der Waals surface area (Å²) in [5.41, 5.74) is 2.22. The fourth-order valence-corrected chi connectivity index (χ4v) is 6.12. The Labute approximate surface area is 232 Å². The van der Waals surface area contributed by atoms with Crippen molar-refractivity contribution in [2.45, 2.75) is 13.2 Å². The first-order valence-electron chi connectivity index (χ1n) is 9.77. The van der Waals surface area contributed by atoms with Gasteiger partial charge in [-0.2, -0.15) is 0 Å². The maximum atomic E-state index is 12.9. The molecule has 0 unspecified atom stereocenters. The predicted molar refractivity (Wildman–Crippen MR) is 146 cm³/mol. The van der Waals surface area contributed by atoms with Crippen molar-refractivity contribution in [3.05, 3.63) is 100 Å². The molecule has 4 rings (SSSR count). The summed E-state index contributed by atoms with van der Waals surface area (Å²) >= 11 is 26.3. The molecule has 0 atom stereocenters. The van der Waals surface area contributed by atoms with Gasteiger partial charge < -0.3 is 4.74 Å². The molecule has 0 aromatic heterocycles. The van der Waals surface area contributed by atoms with E-state index < -0.39 is 0 Å². The number of ether oxygens (including phenoxy) is 1. The average Bonchev–Trinajstić information content (AvgIpc) is 3.03. The standard InChI is InChI=1S/C24H14Br2Cl3NO3S/c25-17-7-13(8-18(26)22(17)33-12-15-5-6-16(27)10-20(15)29)9-21-23(31)30(24(32)34-21)11-14-3-1-2-4-19(14)28/h1-10H,11-12H2/b21-9+. The van der Waals surface area contributed by atoms with Gasteiger partial charge in [-0.15, -0.1) is 0 Å². The largest absolute Gasteiger partial charge is 0.486 e. The molecule has 1 aliphatic rings. The van der Waals surface area contributed by atoms with Crippen molar-refractivity contribution in [2.75, 3.05) is 0 Å². The topological polar surface area (TPSA) is 46.6 Å². The first-order valence-corrected chi connectivity index (χ1v) is 13.3. The smallest absolute Gasteiger partial charge is 0.293 e. The van der Waals surface area contributed by atoms with E-state index in [2.05, 4.69) is 31.9 Å². The van der Waals surface area contributed by atoms with Crippen LogP contribution in [-0.4, -0.2) is 16.0 Å². The highest BCUT2D eigenvalue weighted by Gasteiger charge is 2.35. The van der Waals surface area contributed by atoms with Gasteiger partial charge in [0.05, 0.1) is 20.4 Å². The maximum absolute atomic E-state index is 12.9. The monoisotopic (exact) mass is 659 g/mol. The Morgan fingerprint density at radius 2 is 1.62 bits per heavy atom. The van der Waals surface area contributed by atoms with Crippen LogP contribution in [0, 0.1) is 0 Å². The molecule has 1 aliphatic heterocycles. The lowest BCUT2D eigenvalue weighted by atomic mass is 10.2. The molecule has 3 aromatic rings. The summed E-state index contributed by atoms with van der Waals surface area (Å²) in [5.74, 6) is 0.217. The highest BCUT2D eigenvalue weighted by molar-refractivity contribution is 9.11. The van der Waals surface area contributed by atoms with E-state index in [1.165, 1.54) is 4.90 Å². The number of amides is 2. The van der Waals surface area contributed by atoms with Gasteiger partial charge in [0.1, 0.15) is 12.4 Å². The molecule has 0 bridgehead atoms. The third-order valence-electron chi connectivity index (χ3n) is 4.87. The molecule has 4 nitrogen and oxygen atoms in total. The molecular weight excluding hydrogens is 649 g/mol. The molecule has 2 amide bonds. The molecule has 10 heteroatoms. The molecule has 0 radical (unpaired) electrons. The minimum Gasteiger partial charge on any atom is -0.486 e. The van der Waals surface area contributed by atoms with Crippen LogP contribution in [0.2, 0.25) is 15.1 Å². The Morgan fingerprint density at radius 3 is 2.29 bits per heavy atom. The van der Waals surface area contributed by atoms with Crippen molar-refractivity contribution >= 4 is 95.6 Å². The molecule has 3 aromatic carbocycles. The second-order valence-corrected chi connectivity index (χ2v) is 11.2. The zero-order valence-electron chi connectivity index (χ0n) is 17.2. The van der Waals surface area contributed by atoms with Crippen LogP contribution in [0.3, 0.4) is 0 Å². The first-order chi connectivity index (χ1) is 16.2. The van der Waals surface area contributed by atoms with Gasteiger partial charge in [-0.3, -0.25) is 14.5 Å². The average molecular weight is 663 g/mol. The van der Waals surface area contributed by atoms with E-state index in [0.717, 1.165) is 22.9 Å². The Bertz CT molecular complexity index is 1310. The second-order valence-electron chi connectivity index (χ2n) is 7.20. The van der Waals surface area contributed by atoms with Crippen molar-refractivity contribution in [1.82, 2.24) is 4.90 Å². The van der Waals surface area contributed by atoms with Crippen molar-refractivity contribution in [2.24, 2.45) is 0 Å². The predicted octanol–water partition coefficient (Wildman–Crippen LogP) is 8.99. The number of carbonyl (C=O) groups is 2. The Hall–Kier alpha value is -1.48. The summed E-state index contributed by atoms with van der Waals surface area (Å²) in [6, 6.07) is 16.0. The maximum Gasteiger partial charge on any atom is 0.293 e. The van der Waals surface area contributed by atoms with Crippen molar-refractivity contribution in [1.29, 1.82) is 0 Å². The van der Waals surface area contributed by atoms with E-state index in [1.807, 2.05) is 18.2 Å². The SMILES string of the molecule is O=C1S/C(=C/c2cc(Br)c(OCc3ccc(Cl)cc3Cl)c(Br)c2)C(=O)N1Cc1ccccc1Cl. The van der Waals surface area contributed by atoms with Crippen molar-refractivity contribution in [3.8, 4) is 5.75 Å². The summed E-state index contributed by atoms with van der Waals surface area (Å²) < 4.78 is 7.29. The van der Waals surface area contributed by atoms with Crippen LogP contribution in [0.1, 0.15) is 16.7 Å². The lowest BCUT2D eigenvalue weighted by Gasteiger charge is -2.13. The van der Waals surface area contributed by atoms with Gasteiger partial charge in [-0.25, -0.2) is 0 Å². The van der Waals surface area contributed by atoms with E-state index in [1.54, 1.807) is 42.5 Å². The first kappa shape index (κ1) is 25.6. The zero-order valence-corrected chi connectivity index (χ0v) is 23.4. The van der Waals surface area contributed by atoms with Crippen LogP contribution >= 0.6 is 78.4 Å². The number of imide groups is 1. The minimum atomic E-state index is -0.361. The van der Waals surface area contributed by atoms with Crippen LogP contribution in [0.5, 0.6) is 5.75 Å². The minimum absolute atomic E-state index is 0.120. The number of hydrogen-bond donors (Lipinski definition) is 0. The highest BCUT2D eigenvalue weighted by Crippen LogP contribution is 2.39. The number of carbonyl (C=O) groups excluding carboxylic acids is 2. The molecule has 34 heavy (non-hydrogen) atoms. The van der Waals surface area contributed by atoms with E-state index in [0.29, 0.717) is 40.2 Å². The number of rotatable bonds is 6. The molecular formula is C24H14Br2Cl3NO3S. The number of halogens is 5. The molecule has 174 valence electrons. The number of nitrogens with zero attached hydrogens (tertiary/aromatic N) is 1. The van der Waals surface area contributed by atoms with Crippen molar-refractivity contribution < 1.29 is 14.3 Å². The Balaban J connectivity index is 1.51. The fraction of sp³-hybridized carbons (Fsp3) is 0.0833. The van der Waals surface area contributed by atoms with Gasteiger partial charge in [0.2, 0.25) is 0 Å². The van der Waals surface area contributed by atoms with Crippen LogP contribution < -0.4 is 4.74 Å². The number of benzene rings is 3. The number of hydrogen-bond acceptors (Lipinski definition) is 4. The lowest BCUT2D eigenvalue weighted by molar-refractivity contribution is -0.123. The third-order valence-corrected chi connectivity index (χ3v) is 7.91. The van der Waals surface area contributed by atoms with Crippen LogP contribution in [0.15, 0.2) is 68.4 Å². The lowest BCUT2D eigenvalue weighted by Crippen LogP contribution is -2.27. The van der Waals surface area contributed by atoms with Crippen LogP contribution in [-0.2, 0) is 17.9 Å². The molecule has 0 aliphatic carbocycles. The summed E-state index contributed by atoms with van der Waals surface area (Å²) in [7, 11) is 0. The van der Waals surface area contributed by atoms with E-state index in [9.17, 15) is 9.59 Å². The number of thioether (sulfide) groups is 1. The van der Waals surface area contributed by atoms with Gasteiger partial charge in [0.15, 0.2) is 0 Å². The fourth-order valence-electron chi connectivity index (χ4n) is 3.17. The summed E-state index contributed by atoms with van der Waals surface area (Å²) in [4.78, 5) is 26.9. The van der Waals surface area contributed by atoms with E-state index in [4.69, 9.17) is 39.5 Å². The van der Waals surface area contributed by atoms with Crippen LogP contribution in [0.4, 0.5) is 4.79 Å². The Kier molecular flexibility index (Phi) is 8.33. The van der Waals surface area contributed by atoms with Gasteiger partial charge in [-0.05, 0) is 91.2 Å². The van der Waals surface area contributed by atoms with E-state index >= 15 is 0 Å². The molecule has 1 fully saturated rings. The highest BCUT2D eigenvalue weighted by atomic mass is 79.9. The van der Waals surface area contributed by atoms with Gasteiger partial charge >= 0.3 is 0 Å². The molecule has 0 spiro atoms. The summed E-state index contributed by atoms with van der Waals surface area (Å²) in [5, 5.41) is 1.24. The molecule has 1 saturated heterocycles. The van der Waals surface area contributed by atoms with E-state index in [-0.39, 0.29) is 24.3 Å². The summed E-state index contributed by atoms with van der Waals surface area (Å²) in [6.45, 7) is 0.364. The van der Waals surface area contributed by atoms with Crippen molar-refractivity contribution in [3.63, 3.8) is 0 Å². The third kappa shape index (κ3) is 5.83.